The zero-order valence-electron chi connectivity index (χ0n) is 11.4. The van der Waals surface area contributed by atoms with Crippen molar-refractivity contribution in [3.05, 3.63) is 11.8 Å². The van der Waals surface area contributed by atoms with Crippen molar-refractivity contribution in [2.24, 2.45) is 0 Å². The van der Waals surface area contributed by atoms with Gasteiger partial charge in [-0.3, -0.25) is 4.90 Å². The molecule has 2 rings (SSSR count). The van der Waals surface area contributed by atoms with E-state index in [4.69, 9.17) is 0 Å². The molecule has 1 aliphatic heterocycles. The Kier molecular flexibility index (Phi) is 3.76. The lowest BCUT2D eigenvalue weighted by Gasteiger charge is -2.44. The van der Waals surface area contributed by atoms with E-state index >= 15 is 0 Å². The van der Waals surface area contributed by atoms with Crippen LogP contribution in [0.5, 0.6) is 0 Å². The molecule has 1 fully saturated rings. The molecule has 0 radical (unpaired) electrons. The van der Waals surface area contributed by atoms with Gasteiger partial charge in [-0.05, 0) is 40.0 Å². The number of hydrogen-bond donors (Lipinski definition) is 0. The van der Waals surface area contributed by atoms with E-state index in [1.54, 1.807) is 0 Å². The van der Waals surface area contributed by atoms with Crippen LogP contribution in [-0.2, 0) is 0 Å². The SMILES string of the molecule is CC(C)(C)N1CCN(C2=CCC(F)CC2)CC1. The predicted octanol–water partition coefficient (Wildman–Crippen LogP) is 2.81. The van der Waals surface area contributed by atoms with E-state index in [0.717, 1.165) is 32.6 Å². The second kappa shape index (κ2) is 4.97. The van der Waals surface area contributed by atoms with Crippen molar-refractivity contribution in [1.82, 2.24) is 9.80 Å². The lowest BCUT2D eigenvalue weighted by molar-refractivity contribution is 0.0732. The normalized spacial score (nSPS) is 28.1. The molecule has 3 heteroatoms. The van der Waals surface area contributed by atoms with Crippen LogP contribution in [-0.4, -0.2) is 47.7 Å². The van der Waals surface area contributed by atoms with Gasteiger partial charge in [0, 0.05) is 37.4 Å². The number of allylic oxidation sites excluding steroid dienone is 2. The van der Waals surface area contributed by atoms with E-state index in [2.05, 4.69) is 36.6 Å². The molecule has 1 unspecified atom stereocenters. The molecule has 0 amide bonds. The molecule has 0 bridgehead atoms. The minimum absolute atomic E-state index is 0.275. The molecule has 1 saturated heterocycles. The highest BCUT2D eigenvalue weighted by Gasteiger charge is 2.27. The molecule has 0 aromatic carbocycles. The molecule has 0 spiro atoms. The average Bonchev–Trinajstić information content (AvgIpc) is 2.29. The Morgan fingerprint density at radius 3 is 2.29 bits per heavy atom. The van der Waals surface area contributed by atoms with Gasteiger partial charge >= 0.3 is 0 Å². The third-order valence-electron chi connectivity index (χ3n) is 3.96. The highest BCUT2D eigenvalue weighted by molar-refractivity contribution is 5.07. The summed E-state index contributed by atoms with van der Waals surface area (Å²) in [5.41, 5.74) is 1.66. The molecular weight excluding hydrogens is 215 g/mol. The minimum Gasteiger partial charge on any atom is -0.373 e. The minimum atomic E-state index is -0.602. The molecule has 1 aliphatic carbocycles. The second-order valence-electron chi connectivity index (χ2n) is 6.21. The Hall–Kier alpha value is -0.570. The van der Waals surface area contributed by atoms with Gasteiger partial charge in [0.15, 0.2) is 0 Å². The highest BCUT2D eigenvalue weighted by atomic mass is 19.1. The molecule has 1 atom stereocenters. The molecule has 1 heterocycles. The average molecular weight is 240 g/mol. The van der Waals surface area contributed by atoms with E-state index < -0.39 is 6.17 Å². The Labute approximate surface area is 104 Å². The van der Waals surface area contributed by atoms with Crippen LogP contribution in [0.15, 0.2) is 11.8 Å². The lowest BCUT2D eigenvalue weighted by atomic mass is 10.0. The van der Waals surface area contributed by atoms with E-state index in [1.807, 2.05) is 0 Å². The van der Waals surface area contributed by atoms with Crippen LogP contribution in [0, 0.1) is 0 Å². The Bertz CT molecular complexity index is 285. The quantitative estimate of drug-likeness (QED) is 0.695. The fourth-order valence-corrected chi connectivity index (χ4v) is 2.74. The molecule has 0 aromatic heterocycles. The van der Waals surface area contributed by atoms with Crippen LogP contribution in [0.2, 0.25) is 0 Å². The molecule has 98 valence electrons. The maximum Gasteiger partial charge on any atom is 0.104 e. The third kappa shape index (κ3) is 3.21. The van der Waals surface area contributed by atoms with Gasteiger partial charge in [0.05, 0.1) is 0 Å². The molecular formula is C14H25FN2. The lowest BCUT2D eigenvalue weighted by Crippen LogP contribution is -2.53. The van der Waals surface area contributed by atoms with Crippen LogP contribution in [0.3, 0.4) is 0 Å². The summed E-state index contributed by atoms with van der Waals surface area (Å²) in [5, 5.41) is 0. The van der Waals surface area contributed by atoms with Crippen molar-refractivity contribution < 1.29 is 4.39 Å². The zero-order valence-corrected chi connectivity index (χ0v) is 11.4. The van der Waals surface area contributed by atoms with Crippen molar-refractivity contribution in [2.75, 3.05) is 26.2 Å². The summed E-state index contributed by atoms with van der Waals surface area (Å²) in [6.45, 7) is 11.3. The van der Waals surface area contributed by atoms with Crippen LogP contribution < -0.4 is 0 Å². The number of rotatable bonds is 1. The van der Waals surface area contributed by atoms with Gasteiger partial charge in [0.2, 0.25) is 0 Å². The first-order valence-electron chi connectivity index (χ1n) is 6.80. The number of nitrogens with zero attached hydrogens (tertiary/aromatic N) is 2. The van der Waals surface area contributed by atoms with Gasteiger partial charge in [-0.1, -0.05) is 6.08 Å². The summed E-state index contributed by atoms with van der Waals surface area (Å²) in [7, 11) is 0. The van der Waals surface area contributed by atoms with E-state index in [0.29, 0.717) is 12.8 Å². The van der Waals surface area contributed by atoms with Gasteiger partial charge in [-0.25, -0.2) is 4.39 Å². The Balaban J connectivity index is 1.87. The molecule has 0 saturated carbocycles. The van der Waals surface area contributed by atoms with Crippen LogP contribution in [0.25, 0.3) is 0 Å². The molecule has 2 nitrogen and oxygen atoms in total. The van der Waals surface area contributed by atoms with Crippen LogP contribution in [0.4, 0.5) is 4.39 Å². The van der Waals surface area contributed by atoms with Crippen molar-refractivity contribution in [1.29, 1.82) is 0 Å². The van der Waals surface area contributed by atoms with Gasteiger partial charge in [-0.2, -0.15) is 0 Å². The largest absolute Gasteiger partial charge is 0.373 e. The second-order valence-corrected chi connectivity index (χ2v) is 6.21. The van der Waals surface area contributed by atoms with Crippen molar-refractivity contribution in [3.8, 4) is 0 Å². The number of alkyl halides is 1. The zero-order chi connectivity index (χ0) is 12.5. The molecule has 2 aliphatic rings. The van der Waals surface area contributed by atoms with Crippen LogP contribution >= 0.6 is 0 Å². The first kappa shape index (κ1) is 12.9. The Morgan fingerprint density at radius 1 is 1.18 bits per heavy atom. The van der Waals surface area contributed by atoms with Gasteiger partial charge in [0.25, 0.3) is 0 Å². The number of piperazine rings is 1. The van der Waals surface area contributed by atoms with Crippen LogP contribution in [0.1, 0.15) is 40.0 Å². The van der Waals surface area contributed by atoms with E-state index in [-0.39, 0.29) is 5.54 Å². The monoisotopic (exact) mass is 240 g/mol. The summed E-state index contributed by atoms with van der Waals surface area (Å²) in [5.74, 6) is 0. The number of hydrogen-bond acceptors (Lipinski definition) is 2. The predicted molar refractivity (Wildman–Crippen MR) is 69.7 cm³/mol. The summed E-state index contributed by atoms with van der Waals surface area (Å²) < 4.78 is 13.1. The van der Waals surface area contributed by atoms with Gasteiger partial charge in [-0.15, -0.1) is 0 Å². The molecule has 0 aromatic rings. The summed E-state index contributed by atoms with van der Waals surface area (Å²) in [6.07, 6.45) is 3.77. The smallest absolute Gasteiger partial charge is 0.104 e. The number of halogens is 1. The van der Waals surface area contributed by atoms with Crippen molar-refractivity contribution >= 4 is 0 Å². The summed E-state index contributed by atoms with van der Waals surface area (Å²) in [6, 6.07) is 0. The first-order chi connectivity index (χ1) is 7.97. The maximum atomic E-state index is 13.1. The fourth-order valence-electron chi connectivity index (χ4n) is 2.74. The topological polar surface area (TPSA) is 6.48 Å². The van der Waals surface area contributed by atoms with Crippen molar-refractivity contribution in [3.63, 3.8) is 0 Å². The summed E-state index contributed by atoms with van der Waals surface area (Å²) >= 11 is 0. The first-order valence-corrected chi connectivity index (χ1v) is 6.80. The van der Waals surface area contributed by atoms with E-state index in [9.17, 15) is 4.39 Å². The fraction of sp³-hybridized carbons (Fsp3) is 0.857. The highest BCUT2D eigenvalue weighted by Crippen LogP contribution is 2.25. The maximum absolute atomic E-state index is 13.1. The van der Waals surface area contributed by atoms with Gasteiger partial charge in [0.1, 0.15) is 6.17 Å². The standard InChI is InChI=1S/C14H25FN2/c1-14(2,3)17-10-8-16(9-11-17)13-6-4-12(15)5-7-13/h6,12H,4-5,7-11H2,1-3H3. The molecule has 17 heavy (non-hydrogen) atoms. The van der Waals surface area contributed by atoms with E-state index in [1.165, 1.54) is 5.70 Å². The Morgan fingerprint density at radius 2 is 1.82 bits per heavy atom. The molecule has 0 N–H and O–H groups in total. The third-order valence-corrected chi connectivity index (χ3v) is 3.96. The van der Waals surface area contributed by atoms with Gasteiger partial charge < -0.3 is 4.90 Å². The summed E-state index contributed by atoms with van der Waals surface area (Å²) in [4.78, 5) is 4.99. The van der Waals surface area contributed by atoms with Crippen molar-refractivity contribution in [2.45, 2.75) is 51.7 Å².